The third kappa shape index (κ3) is 8.44. The molecule has 0 saturated heterocycles. The van der Waals surface area contributed by atoms with Crippen LogP contribution in [0.15, 0.2) is 237 Å². The Bertz CT molecular complexity index is 2300. The quantitative estimate of drug-likeness (QED) is 0.130. The van der Waals surface area contributed by atoms with E-state index in [1.807, 2.05) is 30.4 Å². The van der Waals surface area contributed by atoms with Gasteiger partial charge in [0.1, 0.15) is 0 Å². The minimum absolute atomic E-state index is 0.342. The molecule has 1 heteroatoms. The Labute approximate surface area is 314 Å². The van der Waals surface area contributed by atoms with Crippen molar-refractivity contribution in [1.82, 2.24) is 0 Å². The molecule has 7 rings (SSSR count). The van der Waals surface area contributed by atoms with E-state index in [2.05, 4.69) is 200 Å². The number of allylic oxidation sites excluding steroid dienone is 7. The van der Waals surface area contributed by atoms with E-state index in [1.165, 1.54) is 27.8 Å². The smallest absolute Gasteiger partial charge is 0.0468 e. The van der Waals surface area contributed by atoms with Crippen LogP contribution in [0.4, 0.5) is 11.4 Å². The molecular formula is C52H43N. The third-order valence-electron chi connectivity index (χ3n) is 9.59. The summed E-state index contributed by atoms with van der Waals surface area (Å²) in [7, 11) is 0. The molecule has 6 aromatic carbocycles. The summed E-state index contributed by atoms with van der Waals surface area (Å²) in [5.41, 5.74) is 13.6. The summed E-state index contributed by atoms with van der Waals surface area (Å²) in [4.78, 5) is 2.34. The normalized spacial score (nSPS) is 13.5. The van der Waals surface area contributed by atoms with E-state index in [1.54, 1.807) is 6.08 Å². The Hall–Kier alpha value is -6.70. The molecule has 1 atom stereocenters. The van der Waals surface area contributed by atoms with Crippen LogP contribution in [-0.2, 0) is 0 Å². The maximum atomic E-state index is 4.53. The summed E-state index contributed by atoms with van der Waals surface area (Å²) < 4.78 is 0. The Morgan fingerprint density at radius 2 is 1.06 bits per heavy atom. The van der Waals surface area contributed by atoms with E-state index >= 15 is 0 Å². The van der Waals surface area contributed by atoms with Crippen molar-refractivity contribution in [3.63, 3.8) is 0 Å². The van der Waals surface area contributed by atoms with E-state index in [4.69, 9.17) is 0 Å². The molecule has 1 aliphatic carbocycles. The first-order valence-corrected chi connectivity index (χ1v) is 18.2. The first-order chi connectivity index (χ1) is 26.2. The van der Waals surface area contributed by atoms with Crippen LogP contribution in [0.25, 0.3) is 39.0 Å². The number of anilines is 2. The van der Waals surface area contributed by atoms with E-state index in [-0.39, 0.29) is 0 Å². The number of hydrogen-bond acceptors (Lipinski definition) is 1. The van der Waals surface area contributed by atoms with Crippen molar-refractivity contribution in [2.24, 2.45) is 0 Å². The van der Waals surface area contributed by atoms with Crippen molar-refractivity contribution in [1.29, 1.82) is 0 Å². The maximum absolute atomic E-state index is 4.53. The molecule has 0 aliphatic heterocycles. The van der Waals surface area contributed by atoms with Crippen molar-refractivity contribution in [3.8, 4) is 33.4 Å². The summed E-state index contributed by atoms with van der Waals surface area (Å²) in [5.74, 6) is 0.342. The largest absolute Gasteiger partial charge is 0.311 e. The maximum Gasteiger partial charge on any atom is 0.0468 e. The second kappa shape index (κ2) is 17.0. The van der Waals surface area contributed by atoms with Gasteiger partial charge in [-0.1, -0.05) is 201 Å². The number of rotatable bonds is 10. The lowest BCUT2D eigenvalue weighted by molar-refractivity contribution is 0.840. The molecule has 0 N–H and O–H groups in total. The van der Waals surface area contributed by atoms with Gasteiger partial charge in [0.05, 0.1) is 0 Å². The zero-order chi connectivity index (χ0) is 36.2. The second-order valence-electron chi connectivity index (χ2n) is 13.1. The van der Waals surface area contributed by atoms with E-state index < -0.39 is 0 Å². The molecule has 0 fully saturated rings. The summed E-state index contributed by atoms with van der Waals surface area (Å²) in [6.45, 7) is 8.44. The highest BCUT2D eigenvalue weighted by Crippen LogP contribution is 2.39. The molecule has 6 aromatic rings. The fraction of sp³-hybridized carbons (Fsp3) is 0.0385. The number of hydrogen-bond donors (Lipinski definition) is 0. The van der Waals surface area contributed by atoms with Crippen LogP contribution < -0.4 is 4.90 Å². The SMILES string of the molecule is C=C/C=C\C(=C)c1cc(N(C2=CCC(c3ccccc3)C=C2)c2ccccccccc2)ccc1-c1ccc(-c2ccc(-c3ccccc3)cc2)cc1. The van der Waals surface area contributed by atoms with Gasteiger partial charge >= 0.3 is 0 Å². The number of benzene rings is 5. The lowest BCUT2D eigenvalue weighted by Gasteiger charge is -2.29. The average molecular weight is 682 g/mol. The van der Waals surface area contributed by atoms with Crippen LogP contribution in [0.3, 0.4) is 0 Å². The fourth-order valence-corrected chi connectivity index (χ4v) is 6.79. The predicted molar refractivity (Wildman–Crippen MR) is 228 cm³/mol. The van der Waals surface area contributed by atoms with E-state index in [9.17, 15) is 0 Å². The zero-order valence-electron chi connectivity index (χ0n) is 29.9. The first kappa shape index (κ1) is 34.7. The minimum Gasteiger partial charge on any atom is -0.311 e. The van der Waals surface area contributed by atoms with Crippen molar-refractivity contribution < 1.29 is 0 Å². The fourth-order valence-electron chi connectivity index (χ4n) is 6.79. The van der Waals surface area contributed by atoms with Gasteiger partial charge in [-0.2, -0.15) is 0 Å². The molecule has 53 heavy (non-hydrogen) atoms. The van der Waals surface area contributed by atoms with Crippen LogP contribution in [0.1, 0.15) is 23.5 Å². The summed E-state index contributed by atoms with van der Waals surface area (Å²) >= 11 is 0. The van der Waals surface area contributed by atoms with Crippen LogP contribution >= 0.6 is 0 Å². The summed E-state index contributed by atoms with van der Waals surface area (Å²) in [6.07, 6.45) is 13.7. The van der Waals surface area contributed by atoms with Crippen LogP contribution in [0.2, 0.25) is 0 Å². The van der Waals surface area contributed by atoms with Gasteiger partial charge in [0.2, 0.25) is 0 Å². The van der Waals surface area contributed by atoms with Gasteiger partial charge in [-0.25, -0.2) is 0 Å². The van der Waals surface area contributed by atoms with Crippen molar-refractivity contribution in [3.05, 3.63) is 248 Å². The average Bonchev–Trinajstić information content (AvgIpc) is 3.23. The summed E-state index contributed by atoms with van der Waals surface area (Å²) in [6, 6.07) is 64.4. The first-order valence-electron chi connectivity index (χ1n) is 18.2. The Balaban J connectivity index is 1.27. The van der Waals surface area contributed by atoms with Crippen LogP contribution in [0.5, 0.6) is 0 Å². The molecule has 0 amide bonds. The summed E-state index contributed by atoms with van der Waals surface area (Å²) in [5, 5.41) is 0. The molecule has 0 aromatic heterocycles. The van der Waals surface area contributed by atoms with Crippen molar-refractivity contribution >= 4 is 16.9 Å². The van der Waals surface area contributed by atoms with E-state index in [0.29, 0.717) is 5.92 Å². The van der Waals surface area contributed by atoms with Crippen molar-refractivity contribution in [2.45, 2.75) is 12.3 Å². The molecule has 0 heterocycles. The Morgan fingerprint density at radius 3 is 1.62 bits per heavy atom. The molecule has 0 bridgehead atoms. The van der Waals surface area contributed by atoms with Gasteiger partial charge in [-0.05, 0) is 86.8 Å². The van der Waals surface area contributed by atoms with Gasteiger partial charge < -0.3 is 4.90 Å². The molecule has 1 aliphatic rings. The van der Waals surface area contributed by atoms with Gasteiger partial charge in [0, 0.05) is 23.0 Å². The molecule has 256 valence electrons. The Kier molecular flexibility index (Phi) is 11.1. The molecule has 0 spiro atoms. The van der Waals surface area contributed by atoms with Gasteiger partial charge in [-0.15, -0.1) is 0 Å². The predicted octanol–water partition coefficient (Wildman–Crippen LogP) is 14.3. The highest BCUT2D eigenvalue weighted by molar-refractivity contribution is 5.88. The van der Waals surface area contributed by atoms with E-state index in [0.717, 1.165) is 45.8 Å². The molecule has 0 saturated carbocycles. The minimum atomic E-state index is 0.342. The zero-order valence-corrected chi connectivity index (χ0v) is 29.9. The molecular weight excluding hydrogens is 639 g/mol. The Morgan fingerprint density at radius 1 is 0.547 bits per heavy atom. The third-order valence-corrected chi connectivity index (χ3v) is 9.59. The van der Waals surface area contributed by atoms with Crippen LogP contribution in [-0.4, -0.2) is 0 Å². The van der Waals surface area contributed by atoms with Crippen molar-refractivity contribution in [2.75, 3.05) is 4.90 Å². The lowest BCUT2D eigenvalue weighted by atomic mass is 9.90. The lowest BCUT2D eigenvalue weighted by Crippen LogP contribution is -2.17. The number of nitrogens with zero attached hydrogens (tertiary/aromatic N) is 1. The van der Waals surface area contributed by atoms with Gasteiger partial charge in [-0.3, -0.25) is 0 Å². The molecule has 0 radical (unpaired) electrons. The molecule has 1 unspecified atom stereocenters. The topological polar surface area (TPSA) is 3.24 Å². The highest BCUT2D eigenvalue weighted by Gasteiger charge is 2.19. The molecule has 1 nitrogen and oxygen atoms in total. The van der Waals surface area contributed by atoms with Gasteiger partial charge in [0.25, 0.3) is 0 Å². The van der Waals surface area contributed by atoms with Crippen LogP contribution in [0, 0.1) is 0 Å². The van der Waals surface area contributed by atoms with Gasteiger partial charge in [0.15, 0.2) is 0 Å². The standard InChI is InChI=1S/C52H43N/c1-3-4-18-40(2)52-39-50(37-38-51(52)47-31-29-45(30-32-47)44-27-25-43(26-28-44)41-19-12-10-13-20-41)53(48-23-16-8-6-5-7-9-17-24-48)49-35-33-46(34-36-49)42-21-14-11-15-22-42/h3-33,35-39,46H,1-2,34H2/b6-5?,7-5?,8-6?,9-7?,16-8?,17-9?,18-4-,23-16?,24-17?,48-23?,48-24?. The monoisotopic (exact) mass is 681 g/mol. The highest BCUT2D eigenvalue weighted by atomic mass is 15.1. The second-order valence-corrected chi connectivity index (χ2v) is 13.1.